The van der Waals surface area contributed by atoms with Crippen molar-refractivity contribution in [2.24, 2.45) is 7.05 Å². The van der Waals surface area contributed by atoms with Crippen LogP contribution in [0.5, 0.6) is 0 Å². The van der Waals surface area contributed by atoms with E-state index in [1.54, 1.807) is 9.80 Å². The van der Waals surface area contributed by atoms with Gasteiger partial charge in [0.25, 0.3) is 5.91 Å². The number of allylic oxidation sites excluding steroid dienone is 2. The van der Waals surface area contributed by atoms with Crippen LogP contribution in [0.4, 0.5) is 0 Å². The topological polar surface area (TPSA) is 71.6 Å². The molecule has 0 bridgehead atoms. The Morgan fingerprint density at radius 2 is 2.18 bits per heavy atom. The van der Waals surface area contributed by atoms with Crippen LogP contribution < -0.4 is 0 Å². The van der Waals surface area contributed by atoms with Gasteiger partial charge in [-0.05, 0) is 31.1 Å². The van der Waals surface area contributed by atoms with Gasteiger partial charge in [0.05, 0.1) is 11.7 Å². The Balaban J connectivity index is 1.53. The third-order valence-electron chi connectivity index (χ3n) is 5.77. The van der Waals surface area contributed by atoms with Crippen LogP contribution in [0.15, 0.2) is 36.4 Å². The van der Waals surface area contributed by atoms with E-state index in [-0.39, 0.29) is 18.1 Å². The van der Waals surface area contributed by atoms with Crippen molar-refractivity contribution in [2.75, 3.05) is 27.2 Å². The minimum Gasteiger partial charge on any atom is -0.355 e. The number of carbonyl (C=O) groups is 1. The molecular weight excluding hydrogens is 354 g/mol. The van der Waals surface area contributed by atoms with Gasteiger partial charge in [-0.3, -0.25) is 9.48 Å². The van der Waals surface area contributed by atoms with Crippen molar-refractivity contribution >= 4 is 11.5 Å². The Morgan fingerprint density at radius 1 is 1.39 bits per heavy atom. The molecule has 8 heteroatoms. The van der Waals surface area contributed by atoms with Crippen molar-refractivity contribution in [3.05, 3.63) is 47.7 Å². The zero-order valence-electron chi connectivity index (χ0n) is 16.7. The smallest absolute Gasteiger partial charge is 0.272 e. The molecule has 0 aromatic carbocycles. The van der Waals surface area contributed by atoms with E-state index in [9.17, 15) is 4.79 Å². The molecule has 0 radical (unpaired) electrons. The minimum atomic E-state index is -0.0360. The molecular formula is C20H25N7O. The molecule has 0 aliphatic carbocycles. The summed E-state index contributed by atoms with van der Waals surface area (Å²) in [5.74, 6) is -0.0156. The fourth-order valence-electron chi connectivity index (χ4n) is 4.14. The zero-order chi connectivity index (χ0) is 20.0. The van der Waals surface area contributed by atoms with Gasteiger partial charge in [0.1, 0.15) is 11.9 Å². The normalized spacial score (nSPS) is 23.5. The lowest BCUT2D eigenvalue weighted by atomic mass is 10.0. The molecule has 28 heavy (non-hydrogen) atoms. The maximum atomic E-state index is 13.2. The number of likely N-dealkylation sites (tertiary alicyclic amines) is 1. The van der Waals surface area contributed by atoms with Gasteiger partial charge in [-0.15, -0.1) is 0 Å². The monoisotopic (exact) mass is 379 g/mol. The third-order valence-corrected chi connectivity index (χ3v) is 5.77. The summed E-state index contributed by atoms with van der Waals surface area (Å²) in [5, 5.41) is 13.5. The Morgan fingerprint density at radius 3 is 2.82 bits per heavy atom. The van der Waals surface area contributed by atoms with Crippen LogP contribution in [-0.2, 0) is 11.8 Å². The van der Waals surface area contributed by atoms with Crippen molar-refractivity contribution < 1.29 is 4.79 Å². The van der Waals surface area contributed by atoms with Crippen LogP contribution in [0.2, 0.25) is 0 Å². The number of fused-ring (bicyclic) bond motifs is 1. The number of amides is 1. The van der Waals surface area contributed by atoms with Crippen LogP contribution in [0.1, 0.15) is 17.7 Å². The van der Waals surface area contributed by atoms with E-state index >= 15 is 0 Å². The lowest BCUT2D eigenvalue weighted by Gasteiger charge is -2.32. The standard InChI is InChI=1S/C20H25N7O/c1-14-17(11-24(3)22-14)15-5-8-27-18(12-23(2)19(27)9-15)20(28)25(4)16-6-7-26(10-16)13-21/h5,8-9,11-12,16,19H,6-7,10H2,1-4H3/t16-,19?/m1/s1. The molecule has 1 saturated heterocycles. The van der Waals surface area contributed by atoms with Gasteiger partial charge in [-0.25, -0.2) is 0 Å². The number of nitrogens with zero attached hydrogens (tertiary/aromatic N) is 7. The molecule has 8 nitrogen and oxygen atoms in total. The van der Waals surface area contributed by atoms with Gasteiger partial charge in [0, 0.05) is 58.4 Å². The van der Waals surface area contributed by atoms with Gasteiger partial charge in [-0.1, -0.05) is 0 Å². The predicted octanol–water partition coefficient (Wildman–Crippen LogP) is 1.07. The van der Waals surface area contributed by atoms with Gasteiger partial charge < -0.3 is 19.6 Å². The molecule has 0 N–H and O–H groups in total. The van der Waals surface area contributed by atoms with E-state index < -0.39 is 0 Å². The number of likely N-dealkylation sites (N-methyl/N-ethyl adjacent to an activating group) is 2. The number of nitriles is 1. The van der Waals surface area contributed by atoms with Gasteiger partial charge in [0.2, 0.25) is 0 Å². The summed E-state index contributed by atoms with van der Waals surface area (Å²) in [6, 6.07) is 0.0651. The molecule has 1 aromatic heterocycles. The number of aromatic nitrogens is 2. The maximum Gasteiger partial charge on any atom is 0.272 e. The van der Waals surface area contributed by atoms with E-state index in [0.717, 1.165) is 23.3 Å². The first-order valence-corrected chi connectivity index (χ1v) is 9.43. The third kappa shape index (κ3) is 2.93. The highest BCUT2D eigenvalue weighted by Gasteiger charge is 2.37. The van der Waals surface area contributed by atoms with Crippen molar-refractivity contribution in [1.29, 1.82) is 5.26 Å². The maximum absolute atomic E-state index is 13.2. The van der Waals surface area contributed by atoms with Gasteiger partial charge in [0.15, 0.2) is 6.19 Å². The Bertz CT molecular complexity index is 935. The van der Waals surface area contributed by atoms with Gasteiger partial charge >= 0.3 is 0 Å². The van der Waals surface area contributed by atoms with E-state index in [4.69, 9.17) is 5.26 Å². The number of hydrogen-bond donors (Lipinski definition) is 0. The van der Waals surface area contributed by atoms with Crippen molar-refractivity contribution in [3.63, 3.8) is 0 Å². The van der Waals surface area contributed by atoms with E-state index in [1.807, 2.05) is 67.2 Å². The Labute approximate surface area is 165 Å². The molecule has 2 atom stereocenters. The molecule has 1 aromatic rings. The molecule has 4 heterocycles. The molecule has 1 unspecified atom stereocenters. The quantitative estimate of drug-likeness (QED) is 0.732. The van der Waals surface area contributed by atoms with Crippen LogP contribution in [0, 0.1) is 18.4 Å². The number of hydrogen-bond acceptors (Lipinski definition) is 6. The molecule has 146 valence electrons. The minimum absolute atomic E-state index is 0.0156. The van der Waals surface area contributed by atoms with Crippen LogP contribution in [0.25, 0.3) is 5.57 Å². The average Bonchev–Trinajstić information content (AvgIpc) is 3.38. The molecule has 4 rings (SSSR count). The fraction of sp³-hybridized carbons (Fsp3) is 0.450. The highest BCUT2D eigenvalue weighted by atomic mass is 16.2. The Hall–Kier alpha value is -3.21. The second-order valence-electron chi connectivity index (χ2n) is 7.64. The molecule has 0 saturated carbocycles. The Kier molecular flexibility index (Phi) is 4.38. The first kappa shape index (κ1) is 18.2. The summed E-state index contributed by atoms with van der Waals surface area (Å²) in [4.78, 5) is 20.7. The number of carbonyl (C=O) groups excluding carboxylic acids is 1. The van der Waals surface area contributed by atoms with Crippen molar-refractivity contribution in [3.8, 4) is 6.19 Å². The second-order valence-corrected chi connectivity index (χ2v) is 7.64. The first-order valence-electron chi connectivity index (χ1n) is 9.43. The van der Waals surface area contributed by atoms with E-state index in [1.165, 1.54) is 0 Å². The zero-order valence-corrected chi connectivity index (χ0v) is 16.7. The summed E-state index contributed by atoms with van der Waals surface area (Å²) >= 11 is 0. The summed E-state index contributed by atoms with van der Waals surface area (Å²) in [6.45, 7) is 3.31. The average molecular weight is 379 g/mol. The fourth-order valence-corrected chi connectivity index (χ4v) is 4.14. The molecule has 3 aliphatic rings. The second kappa shape index (κ2) is 6.75. The summed E-state index contributed by atoms with van der Waals surface area (Å²) in [6.07, 6.45) is 13.1. The van der Waals surface area contributed by atoms with Crippen LogP contribution >= 0.6 is 0 Å². The van der Waals surface area contributed by atoms with E-state index in [0.29, 0.717) is 18.8 Å². The molecule has 1 amide bonds. The highest BCUT2D eigenvalue weighted by Crippen LogP contribution is 2.33. The first-order chi connectivity index (χ1) is 13.4. The molecule has 0 spiro atoms. The summed E-state index contributed by atoms with van der Waals surface area (Å²) in [7, 11) is 5.73. The predicted molar refractivity (Wildman–Crippen MR) is 105 cm³/mol. The lowest BCUT2D eigenvalue weighted by molar-refractivity contribution is -0.129. The van der Waals surface area contributed by atoms with Crippen LogP contribution in [-0.4, -0.2) is 74.7 Å². The van der Waals surface area contributed by atoms with Crippen LogP contribution in [0.3, 0.4) is 0 Å². The molecule has 1 fully saturated rings. The SMILES string of the molecule is Cc1nn(C)cc1C1=CC2N(C)C=C(C(=O)N(C)[C@@H]3CCN(C#N)C3)N2C=C1. The van der Waals surface area contributed by atoms with Crippen molar-refractivity contribution in [2.45, 2.75) is 25.6 Å². The van der Waals surface area contributed by atoms with E-state index in [2.05, 4.69) is 17.4 Å². The molecule has 3 aliphatic heterocycles. The number of aryl methyl sites for hydroxylation is 2. The van der Waals surface area contributed by atoms with Crippen molar-refractivity contribution in [1.82, 2.24) is 29.4 Å². The highest BCUT2D eigenvalue weighted by molar-refractivity contribution is 5.94. The largest absolute Gasteiger partial charge is 0.355 e. The van der Waals surface area contributed by atoms with Gasteiger partial charge in [-0.2, -0.15) is 10.4 Å². The number of rotatable bonds is 3. The lowest BCUT2D eigenvalue weighted by Crippen LogP contribution is -2.43. The summed E-state index contributed by atoms with van der Waals surface area (Å²) < 4.78 is 1.82. The summed E-state index contributed by atoms with van der Waals surface area (Å²) in [5.41, 5.74) is 3.85.